The van der Waals surface area contributed by atoms with E-state index < -0.39 is 0 Å². The van der Waals surface area contributed by atoms with Gasteiger partial charge in [0.2, 0.25) is 0 Å². The van der Waals surface area contributed by atoms with Gasteiger partial charge in [0.05, 0.1) is 13.2 Å². The van der Waals surface area contributed by atoms with E-state index in [1.807, 2.05) is 25.1 Å². The third-order valence-electron chi connectivity index (χ3n) is 5.16. The number of ether oxygens (including phenoxy) is 1. The van der Waals surface area contributed by atoms with Crippen molar-refractivity contribution in [2.75, 3.05) is 26.3 Å². The molecule has 1 aromatic heterocycles. The first kappa shape index (κ1) is 19.0. The zero-order chi connectivity index (χ0) is 19.5. The number of carbonyl (C=O) groups is 1. The maximum absolute atomic E-state index is 12.7. The molecule has 4 rings (SSSR count). The molecule has 3 aromatic rings. The van der Waals surface area contributed by atoms with Gasteiger partial charge in [0.25, 0.3) is 5.91 Å². The van der Waals surface area contributed by atoms with Crippen LogP contribution >= 0.6 is 11.6 Å². The summed E-state index contributed by atoms with van der Waals surface area (Å²) >= 11 is 6.06. The number of benzene rings is 2. The topological polar surface area (TPSA) is 54.7 Å². The number of morpholine rings is 1. The Bertz CT molecular complexity index is 993. The van der Waals surface area contributed by atoms with Crippen LogP contribution in [0.15, 0.2) is 46.9 Å². The van der Waals surface area contributed by atoms with Gasteiger partial charge in [-0.1, -0.05) is 35.9 Å². The lowest BCUT2D eigenvalue weighted by Crippen LogP contribution is -2.36. The molecule has 1 saturated heterocycles. The van der Waals surface area contributed by atoms with E-state index in [0.29, 0.717) is 22.9 Å². The zero-order valence-corrected chi connectivity index (χ0v) is 16.6. The van der Waals surface area contributed by atoms with E-state index >= 15 is 0 Å². The zero-order valence-electron chi connectivity index (χ0n) is 15.8. The number of aryl methyl sites for hydroxylation is 1. The fourth-order valence-corrected chi connectivity index (χ4v) is 3.72. The largest absolute Gasteiger partial charge is 0.451 e. The number of fused-ring (bicyclic) bond motifs is 1. The van der Waals surface area contributed by atoms with Gasteiger partial charge >= 0.3 is 0 Å². The molecule has 0 saturated carbocycles. The fraction of sp³-hybridized carbons (Fsp3) is 0.318. The molecule has 0 unspecified atom stereocenters. The van der Waals surface area contributed by atoms with Crippen LogP contribution in [0, 0.1) is 6.92 Å². The van der Waals surface area contributed by atoms with Crippen LogP contribution in [0.2, 0.25) is 5.02 Å². The number of carbonyl (C=O) groups excluding carboxylic acids is 1. The molecule has 5 nitrogen and oxygen atoms in total. The van der Waals surface area contributed by atoms with Crippen LogP contribution in [-0.2, 0) is 17.8 Å². The van der Waals surface area contributed by atoms with Crippen LogP contribution in [-0.4, -0.2) is 37.1 Å². The molecular weight excluding hydrogens is 376 g/mol. The Morgan fingerprint density at radius 2 is 1.89 bits per heavy atom. The molecule has 1 N–H and O–H groups in total. The second-order valence-corrected chi connectivity index (χ2v) is 7.47. The Balaban J connectivity index is 1.47. The van der Waals surface area contributed by atoms with Gasteiger partial charge in [-0.2, -0.15) is 0 Å². The highest BCUT2D eigenvalue weighted by Crippen LogP contribution is 2.28. The average Bonchev–Trinajstić information content (AvgIpc) is 3.04. The lowest BCUT2D eigenvalue weighted by atomic mass is 10.1. The Hall–Kier alpha value is -2.34. The standard InChI is InChI=1S/C22H23ClN2O3/c1-15-19-12-18(23)6-7-20(19)28-21(15)22(26)24-13-16-4-2-3-5-17(16)14-25-8-10-27-11-9-25/h2-7,12H,8-11,13-14H2,1H3,(H,24,26). The summed E-state index contributed by atoms with van der Waals surface area (Å²) in [5, 5.41) is 4.49. The minimum Gasteiger partial charge on any atom is -0.451 e. The fourth-order valence-electron chi connectivity index (χ4n) is 3.55. The predicted octanol–water partition coefficient (Wildman–Crippen LogP) is 4.16. The first-order chi connectivity index (χ1) is 13.6. The molecule has 2 heterocycles. The Morgan fingerprint density at radius 1 is 1.14 bits per heavy atom. The molecule has 2 aromatic carbocycles. The number of amides is 1. The third-order valence-corrected chi connectivity index (χ3v) is 5.39. The Kier molecular flexibility index (Phi) is 5.67. The van der Waals surface area contributed by atoms with Gasteiger partial charge in [-0.3, -0.25) is 9.69 Å². The molecule has 0 bridgehead atoms. The smallest absolute Gasteiger partial charge is 0.287 e. The Labute approximate surface area is 169 Å². The molecule has 0 atom stereocenters. The number of rotatable bonds is 5. The molecule has 1 aliphatic heterocycles. The summed E-state index contributed by atoms with van der Waals surface area (Å²) in [4.78, 5) is 15.1. The van der Waals surface area contributed by atoms with Gasteiger partial charge in [0, 0.05) is 42.2 Å². The van der Waals surface area contributed by atoms with E-state index in [0.717, 1.165) is 49.4 Å². The van der Waals surface area contributed by atoms with E-state index in [4.69, 9.17) is 20.8 Å². The number of hydrogen-bond acceptors (Lipinski definition) is 4. The third kappa shape index (κ3) is 4.07. The number of furan rings is 1. The summed E-state index contributed by atoms with van der Waals surface area (Å²) < 4.78 is 11.2. The van der Waals surface area contributed by atoms with Gasteiger partial charge in [-0.05, 0) is 36.2 Å². The molecule has 146 valence electrons. The van der Waals surface area contributed by atoms with Crippen LogP contribution in [0.3, 0.4) is 0 Å². The van der Waals surface area contributed by atoms with E-state index in [1.165, 1.54) is 5.56 Å². The number of nitrogens with one attached hydrogen (secondary N) is 1. The average molecular weight is 399 g/mol. The molecule has 6 heteroatoms. The number of halogens is 1. The molecular formula is C22H23ClN2O3. The molecule has 1 fully saturated rings. The first-order valence-electron chi connectivity index (χ1n) is 9.45. The molecule has 0 aliphatic carbocycles. The maximum atomic E-state index is 12.7. The quantitative estimate of drug-likeness (QED) is 0.701. The van der Waals surface area contributed by atoms with Crippen LogP contribution in [0.5, 0.6) is 0 Å². The highest BCUT2D eigenvalue weighted by atomic mass is 35.5. The number of hydrogen-bond donors (Lipinski definition) is 1. The van der Waals surface area contributed by atoms with Crippen molar-refractivity contribution in [1.82, 2.24) is 10.2 Å². The lowest BCUT2D eigenvalue weighted by Gasteiger charge is -2.27. The summed E-state index contributed by atoms with van der Waals surface area (Å²) in [6.07, 6.45) is 0. The van der Waals surface area contributed by atoms with Gasteiger partial charge in [-0.15, -0.1) is 0 Å². The second-order valence-electron chi connectivity index (χ2n) is 7.04. The van der Waals surface area contributed by atoms with Crippen molar-refractivity contribution in [3.05, 3.63) is 69.9 Å². The van der Waals surface area contributed by atoms with Crippen LogP contribution in [0.25, 0.3) is 11.0 Å². The molecule has 0 spiro atoms. The molecule has 1 amide bonds. The van der Waals surface area contributed by atoms with Gasteiger partial charge in [-0.25, -0.2) is 0 Å². The second kappa shape index (κ2) is 8.35. The van der Waals surface area contributed by atoms with Crippen LogP contribution in [0.1, 0.15) is 27.2 Å². The van der Waals surface area contributed by atoms with E-state index in [1.54, 1.807) is 12.1 Å². The summed E-state index contributed by atoms with van der Waals surface area (Å²) in [6.45, 7) is 6.60. The van der Waals surface area contributed by atoms with Crippen molar-refractivity contribution in [1.29, 1.82) is 0 Å². The van der Waals surface area contributed by atoms with Gasteiger partial charge in [0.1, 0.15) is 5.58 Å². The van der Waals surface area contributed by atoms with Gasteiger partial charge in [0.15, 0.2) is 5.76 Å². The highest BCUT2D eigenvalue weighted by molar-refractivity contribution is 6.31. The molecule has 28 heavy (non-hydrogen) atoms. The van der Waals surface area contributed by atoms with E-state index in [-0.39, 0.29) is 5.91 Å². The summed E-state index contributed by atoms with van der Waals surface area (Å²) in [6, 6.07) is 13.6. The SMILES string of the molecule is Cc1c(C(=O)NCc2ccccc2CN2CCOCC2)oc2ccc(Cl)cc12. The van der Waals surface area contributed by atoms with Crippen molar-refractivity contribution in [3.8, 4) is 0 Å². The van der Waals surface area contributed by atoms with Crippen molar-refractivity contribution in [2.45, 2.75) is 20.0 Å². The van der Waals surface area contributed by atoms with Crippen LogP contribution in [0.4, 0.5) is 0 Å². The predicted molar refractivity (Wildman–Crippen MR) is 110 cm³/mol. The van der Waals surface area contributed by atoms with Crippen molar-refractivity contribution < 1.29 is 13.9 Å². The minimum atomic E-state index is -0.217. The minimum absolute atomic E-state index is 0.217. The van der Waals surface area contributed by atoms with Crippen molar-refractivity contribution >= 4 is 28.5 Å². The van der Waals surface area contributed by atoms with Gasteiger partial charge < -0.3 is 14.5 Å². The summed E-state index contributed by atoms with van der Waals surface area (Å²) in [7, 11) is 0. The monoisotopic (exact) mass is 398 g/mol. The van der Waals surface area contributed by atoms with Crippen molar-refractivity contribution in [3.63, 3.8) is 0 Å². The summed E-state index contributed by atoms with van der Waals surface area (Å²) in [5.41, 5.74) is 3.80. The maximum Gasteiger partial charge on any atom is 0.287 e. The van der Waals surface area contributed by atoms with Crippen molar-refractivity contribution in [2.24, 2.45) is 0 Å². The normalized spacial score (nSPS) is 15.1. The summed E-state index contributed by atoms with van der Waals surface area (Å²) in [5.74, 6) is 0.119. The first-order valence-corrected chi connectivity index (χ1v) is 9.83. The lowest BCUT2D eigenvalue weighted by molar-refractivity contribution is 0.0340. The van der Waals surface area contributed by atoms with E-state index in [9.17, 15) is 4.79 Å². The number of nitrogens with zero attached hydrogens (tertiary/aromatic N) is 1. The van der Waals surface area contributed by atoms with Crippen LogP contribution < -0.4 is 5.32 Å². The van der Waals surface area contributed by atoms with E-state index in [2.05, 4.69) is 22.3 Å². The molecule has 0 radical (unpaired) electrons. The Morgan fingerprint density at radius 3 is 2.68 bits per heavy atom. The highest BCUT2D eigenvalue weighted by Gasteiger charge is 2.18. The molecule has 1 aliphatic rings.